The van der Waals surface area contributed by atoms with Crippen molar-refractivity contribution in [1.82, 2.24) is 9.38 Å². The number of halogens is 1. The van der Waals surface area contributed by atoms with Gasteiger partial charge in [0.2, 0.25) is 0 Å². The number of nitrogens with zero attached hydrogens (tertiary/aromatic N) is 2. The molecule has 3 aromatic rings. The Balaban J connectivity index is 1.82. The van der Waals surface area contributed by atoms with Crippen LogP contribution in [0.3, 0.4) is 0 Å². The van der Waals surface area contributed by atoms with Crippen molar-refractivity contribution in [3.05, 3.63) is 75.3 Å². The van der Waals surface area contributed by atoms with Gasteiger partial charge in [0.05, 0.1) is 17.8 Å². The maximum absolute atomic E-state index is 12.2. The topological polar surface area (TPSA) is 69.9 Å². The monoisotopic (exact) mass is 344 g/mol. The van der Waals surface area contributed by atoms with Gasteiger partial charge in [0, 0.05) is 12.3 Å². The second-order valence-electron chi connectivity index (χ2n) is 4.94. The third-order valence-corrected chi connectivity index (χ3v) is 3.58. The number of rotatable bonds is 4. The molecule has 2 heterocycles. The summed E-state index contributed by atoms with van der Waals surface area (Å²) in [5, 5.41) is 0.432. The fraction of sp³-hybridized carbons (Fsp3) is 0.118. The molecule has 0 saturated heterocycles. The Labute approximate surface area is 142 Å². The first kappa shape index (κ1) is 16.0. The maximum Gasteiger partial charge on any atom is 0.342 e. The van der Waals surface area contributed by atoms with Gasteiger partial charge in [-0.25, -0.2) is 9.78 Å². The highest BCUT2D eigenvalue weighted by atomic mass is 35.5. The number of hydrogen-bond acceptors (Lipinski definition) is 5. The number of esters is 1. The molecule has 2 aromatic heterocycles. The van der Waals surface area contributed by atoms with Crippen molar-refractivity contribution in [3.63, 3.8) is 0 Å². The van der Waals surface area contributed by atoms with E-state index in [0.29, 0.717) is 27.7 Å². The molecule has 7 heteroatoms. The summed E-state index contributed by atoms with van der Waals surface area (Å²) in [5.41, 5.74) is 0.788. The molecule has 0 saturated carbocycles. The summed E-state index contributed by atoms with van der Waals surface area (Å²) in [5.74, 6) is -0.130. The Bertz CT molecular complexity index is 968. The molecular weight excluding hydrogens is 332 g/mol. The molecule has 0 bridgehead atoms. The first-order valence-corrected chi connectivity index (χ1v) is 7.44. The van der Waals surface area contributed by atoms with Gasteiger partial charge < -0.3 is 9.47 Å². The van der Waals surface area contributed by atoms with Gasteiger partial charge in [0.15, 0.2) is 0 Å². The first-order chi connectivity index (χ1) is 11.6. The van der Waals surface area contributed by atoms with E-state index in [0.717, 1.165) is 0 Å². The Morgan fingerprint density at radius 3 is 2.83 bits per heavy atom. The average Bonchev–Trinajstić information content (AvgIpc) is 2.60. The summed E-state index contributed by atoms with van der Waals surface area (Å²) in [4.78, 5) is 28.5. The first-order valence-electron chi connectivity index (χ1n) is 7.06. The van der Waals surface area contributed by atoms with Crippen molar-refractivity contribution >= 4 is 23.2 Å². The zero-order valence-electron chi connectivity index (χ0n) is 12.7. The molecule has 0 fully saturated rings. The summed E-state index contributed by atoms with van der Waals surface area (Å²) in [6.07, 6.45) is 1.48. The lowest BCUT2D eigenvalue weighted by Gasteiger charge is -2.09. The van der Waals surface area contributed by atoms with Crippen LogP contribution in [0.2, 0.25) is 5.02 Å². The van der Waals surface area contributed by atoms with E-state index in [2.05, 4.69) is 4.98 Å². The van der Waals surface area contributed by atoms with Crippen LogP contribution in [-0.2, 0) is 11.3 Å². The van der Waals surface area contributed by atoms with E-state index in [1.807, 2.05) is 0 Å². The van der Waals surface area contributed by atoms with Gasteiger partial charge in [-0.1, -0.05) is 23.7 Å². The van der Waals surface area contributed by atoms with Crippen LogP contribution in [0.15, 0.2) is 53.5 Å². The van der Waals surface area contributed by atoms with E-state index in [-0.39, 0.29) is 12.2 Å². The second-order valence-corrected chi connectivity index (χ2v) is 5.37. The van der Waals surface area contributed by atoms with Crippen molar-refractivity contribution in [2.75, 3.05) is 7.11 Å². The number of aromatic nitrogens is 2. The largest absolute Gasteiger partial charge is 0.496 e. The predicted octanol–water partition coefficient (Wildman–Crippen LogP) is 2.71. The highest BCUT2D eigenvalue weighted by Crippen LogP contribution is 2.18. The molecule has 0 radical (unpaired) electrons. The van der Waals surface area contributed by atoms with Crippen LogP contribution >= 0.6 is 11.6 Å². The van der Waals surface area contributed by atoms with E-state index in [4.69, 9.17) is 21.1 Å². The lowest BCUT2D eigenvalue weighted by Crippen LogP contribution is -2.16. The summed E-state index contributed by atoms with van der Waals surface area (Å²) in [6, 6.07) is 11.3. The summed E-state index contributed by atoms with van der Waals surface area (Å²) in [6.45, 7) is -0.120. The number of carbonyl (C=O) groups excluding carboxylic acids is 1. The maximum atomic E-state index is 12.2. The van der Waals surface area contributed by atoms with Crippen molar-refractivity contribution in [1.29, 1.82) is 0 Å². The van der Waals surface area contributed by atoms with Crippen molar-refractivity contribution in [3.8, 4) is 5.75 Å². The van der Waals surface area contributed by atoms with Crippen molar-refractivity contribution in [2.24, 2.45) is 0 Å². The predicted molar refractivity (Wildman–Crippen MR) is 88.6 cm³/mol. The van der Waals surface area contributed by atoms with Crippen molar-refractivity contribution < 1.29 is 14.3 Å². The number of para-hydroxylation sites is 1. The molecule has 24 heavy (non-hydrogen) atoms. The van der Waals surface area contributed by atoms with E-state index in [1.54, 1.807) is 36.4 Å². The van der Waals surface area contributed by atoms with E-state index < -0.39 is 5.97 Å². The van der Waals surface area contributed by atoms with Crippen molar-refractivity contribution in [2.45, 2.75) is 6.61 Å². The number of benzene rings is 1. The molecular formula is C17H13ClN2O4. The Kier molecular flexibility index (Phi) is 4.48. The van der Waals surface area contributed by atoms with Gasteiger partial charge in [0.25, 0.3) is 5.56 Å². The van der Waals surface area contributed by atoms with Crippen LogP contribution in [0.1, 0.15) is 16.1 Å². The fourth-order valence-electron chi connectivity index (χ4n) is 2.23. The summed E-state index contributed by atoms with van der Waals surface area (Å²) < 4.78 is 11.7. The summed E-state index contributed by atoms with van der Waals surface area (Å²) in [7, 11) is 1.48. The third kappa shape index (κ3) is 3.23. The molecule has 1 aromatic carbocycles. The van der Waals surface area contributed by atoms with Crippen LogP contribution in [-0.4, -0.2) is 22.5 Å². The van der Waals surface area contributed by atoms with E-state index >= 15 is 0 Å². The van der Waals surface area contributed by atoms with Gasteiger partial charge in [-0.3, -0.25) is 9.20 Å². The quantitative estimate of drug-likeness (QED) is 0.681. The number of methoxy groups -OCH3 is 1. The zero-order chi connectivity index (χ0) is 17.1. The molecule has 0 unspecified atom stereocenters. The Hall–Kier alpha value is -2.86. The summed E-state index contributed by atoms with van der Waals surface area (Å²) >= 11 is 5.86. The zero-order valence-corrected chi connectivity index (χ0v) is 13.5. The Morgan fingerprint density at radius 1 is 1.25 bits per heavy atom. The lowest BCUT2D eigenvalue weighted by atomic mass is 10.2. The van der Waals surface area contributed by atoms with E-state index in [9.17, 15) is 9.59 Å². The standard InChI is InChI=1S/C17H13ClN2O4/c1-23-14-5-3-2-4-13(14)17(22)24-10-12-8-16(21)20-9-11(18)6-7-15(20)19-12/h2-9H,10H2,1H3. The molecule has 0 amide bonds. The molecule has 6 nitrogen and oxygen atoms in total. The number of carbonyl (C=O) groups is 1. The number of hydrogen-bond donors (Lipinski definition) is 0. The number of fused-ring (bicyclic) bond motifs is 1. The second kappa shape index (κ2) is 6.72. The number of pyridine rings is 1. The average molecular weight is 345 g/mol. The molecule has 0 N–H and O–H groups in total. The highest BCUT2D eigenvalue weighted by molar-refractivity contribution is 6.30. The third-order valence-electron chi connectivity index (χ3n) is 3.35. The molecule has 122 valence electrons. The molecule has 0 atom stereocenters. The smallest absolute Gasteiger partial charge is 0.342 e. The normalized spacial score (nSPS) is 10.6. The minimum Gasteiger partial charge on any atom is -0.496 e. The van der Waals surface area contributed by atoms with Crippen LogP contribution in [0, 0.1) is 0 Å². The van der Waals surface area contributed by atoms with Gasteiger partial charge in [-0.15, -0.1) is 0 Å². The van der Waals surface area contributed by atoms with Crippen LogP contribution < -0.4 is 10.3 Å². The van der Waals surface area contributed by atoms with Gasteiger partial charge in [-0.2, -0.15) is 0 Å². The van der Waals surface area contributed by atoms with Gasteiger partial charge in [0.1, 0.15) is 23.6 Å². The molecule has 0 aliphatic rings. The molecule has 3 rings (SSSR count). The van der Waals surface area contributed by atoms with Gasteiger partial charge in [-0.05, 0) is 24.3 Å². The lowest BCUT2D eigenvalue weighted by molar-refractivity contribution is 0.0464. The van der Waals surface area contributed by atoms with Crippen LogP contribution in [0.4, 0.5) is 0 Å². The number of ether oxygens (including phenoxy) is 2. The highest BCUT2D eigenvalue weighted by Gasteiger charge is 2.13. The fourth-order valence-corrected chi connectivity index (χ4v) is 2.39. The Morgan fingerprint density at radius 2 is 2.04 bits per heavy atom. The van der Waals surface area contributed by atoms with Crippen LogP contribution in [0.25, 0.3) is 5.65 Å². The van der Waals surface area contributed by atoms with Crippen LogP contribution in [0.5, 0.6) is 5.75 Å². The molecule has 0 aliphatic heterocycles. The SMILES string of the molecule is COc1ccccc1C(=O)OCc1cc(=O)n2cc(Cl)ccc2n1. The minimum atomic E-state index is -0.550. The molecule has 0 aliphatic carbocycles. The molecule has 0 spiro atoms. The van der Waals surface area contributed by atoms with Gasteiger partial charge >= 0.3 is 5.97 Å². The van der Waals surface area contributed by atoms with E-state index in [1.165, 1.54) is 23.8 Å². The minimum absolute atomic E-state index is 0.120.